The van der Waals surface area contributed by atoms with Crippen molar-refractivity contribution in [2.45, 2.75) is 6.92 Å². The molecule has 0 saturated heterocycles. The second-order valence-electron chi connectivity index (χ2n) is 7.68. The second-order valence-corrected chi connectivity index (χ2v) is 7.68. The molecule has 0 atom stereocenters. The van der Waals surface area contributed by atoms with Crippen molar-refractivity contribution in [3.05, 3.63) is 71.9 Å². The summed E-state index contributed by atoms with van der Waals surface area (Å²) >= 11 is 0. The molecular weight excluding hydrogens is 390 g/mol. The zero-order valence-corrected chi connectivity index (χ0v) is 17.4. The number of rotatable bonds is 4. The predicted molar refractivity (Wildman–Crippen MR) is 122 cm³/mol. The number of aromatic nitrogens is 4. The van der Waals surface area contributed by atoms with Crippen molar-refractivity contribution in [1.82, 2.24) is 19.7 Å². The Labute approximate surface area is 178 Å². The molecule has 0 saturated carbocycles. The number of benzene rings is 2. The quantitative estimate of drug-likeness (QED) is 0.440. The summed E-state index contributed by atoms with van der Waals surface area (Å²) < 4.78 is 1.81. The van der Waals surface area contributed by atoms with E-state index in [-0.39, 0.29) is 5.56 Å². The van der Waals surface area contributed by atoms with Gasteiger partial charge in [0.1, 0.15) is 0 Å². The zero-order valence-electron chi connectivity index (χ0n) is 17.4. The number of hydrogen-bond donors (Lipinski definition) is 2. The highest BCUT2D eigenvalue weighted by molar-refractivity contribution is 6.03. The van der Waals surface area contributed by atoms with Crippen molar-refractivity contribution in [1.29, 1.82) is 0 Å². The van der Waals surface area contributed by atoms with Crippen LogP contribution >= 0.6 is 0 Å². The van der Waals surface area contributed by atoms with Gasteiger partial charge >= 0.3 is 5.97 Å². The number of nitrogens with zero attached hydrogens (tertiary/aromatic N) is 4. The van der Waals surface area contributed by atoms with Crippen LogP contribution in [0.5, 0.6) is 0 Å². The van der Waals surface area contributed by atoms with Gasteiger partial charge in [0.2, 0.25) is 0 Å². The number of carbonyl (C=O) groups is 1. The van der Waals surface area contributed by atoms with E-state index in [1.54, 1.807) is 0 Å². The van der Waals surface area contributed by atoms with E-state index >= 15 is 0 Å². The van der Waals surface area contributed by atoms with E-state index in [9.17, 15) is 9.90 Å². The van der Waals surface area contributed by atoms with Crippen LogP contribution in [-0.4, -0.2) is 37.9 Å². The molecule has 0 unspecified atom stereocenters. The van der Waals surface area contributed by atoms with E-state index in [0.29, 0.717) is 11.0 Å². The predicted octanol–water partition coefficient (Wildman–Crippen LogP) is 4.89. The summed E-state index contributed by atoms with van der Waals surface area (Å²) in [6, 6.07) is 17.9. The molecule has 0 radical (unpaired) electrons. The highest BCUT2D eigenvalue weighted by Gasteiger charge is 2.18. The van der Waals surface area contributed by atoms with Crippen LogP contribution in [0.15, 0.2) is 60.8 Å². The fraction of sp³-hybridized carbons (Fsp3) is 0.125. The maximum Gasteiger partial charge on any atom is 0.337 e. The van der Waals surface area contributed by atoms with Gasteiger partial charge in [-0.1, -0.05) is 17.7 Å². The molecule has 0 amide bonds. The van der Waals surface area contributed by atoms with Crippen LogP contribution < -0.4 is 4.90 Å². The normalized spacial score (nSPS) is 11.3. The number of carboxylic acid groups (broad SMARTS) is 1. The van der Waals surface area contributed by atoms with Gasteiger partial charge in [0, 0.05) is 37.1 Å². The van der Waals surface area contributed by atoms with Crippen molar-refractivity contribution in [2.75, 3.05) is 11.9 Å². The summed E-state index contributed by atoms with van der Waals surface area (Å²) in [7, 11) is 3.92. The maximum atomic E-state index is 11.6. The lowest BCUT2D eigenvalue weighted by molar-refractivity contribution is 0.0698. The Bertz CT molecular complexity index is 1450. The number of hydrogen-bond acceptors (Lipinski definition) is 4. The molecule has 7 nitrogen and oxygen atoms in total. The monoisotopic (exact) mass is 411 g/mol. The van der Waals surface area contributed by atoms with E-state index in [0.717, 1.165) is 33.7 Å². The van der Waals surface area contributed by atoms with Gasteiger partial charge in [-0.05, 0) is 49.4 Å². The molecule has 0 aliphatic rings. The lowest BCUT2D eigenvalue weighted by Crippen LogP contribution is -2.09. The average molecular weight is 411 g/mol. The molecule has 5 rings (SSSR count). The van der Waals surface area contributed by atoms with Gasteiger partial charge < -0.3 is 15.0 Å². The molecule has 0 bridgehead atoms. The summed E-state index contributed by atoms with van der Waals surface area (Å²) in [6.07, 6.45) is 1.51. The van der Waals surface area contributed by atoms with E-state index < -0.39 is 5.97 Å². The lowest BCUT2D eigenvalue weighted by atomic mass is 10.1. The number of H-pyrrole nitrogens is 1. The van der Waals surface area contributed by atoms with Crippen LogP contribution in [0, 0.1) is 6.92 Å². The first kappa shape index (κ1) is 18.9. The summed E-state index contributed by atoms with van der Waals surface area (Å²) in [4.78, 5) is 21.2. The SMILES string of the molecule is Cc1ccc(N(C)c2ccc3c(-c4cc5nccc(C(=O)O)c5[nH]4)n(C)nc3c2)cc1. The molecule has 2 N–H and O–H groups in total. The standard InChI is InChI=1S/C24H21N5O2/c1-14-4-6-15(7-5-14)28(2)16-8-9-17-19(12-16)27-29(3)23(17)21-13-20-22(26-21)18(24(30)31)10-11-25-20/h4-13,26H,1-3H3,(H,30,31). The maximum absolute atomic E-state index is 11.6. The molecule has 0 aliphatic heterocycles. The molecular formula is C24H21N5O2. The molecule has 7 heteroatoms. The van der Waals surface area contributed by atoms with Crippen molar-refractivity contribution in [2.24, 2.45) is 7.05 Å². The van der Waals surface area contributed by atoms with Crippen LogP contribution in [0.1, 0.15) is 15.9 Å². The number of carboxylic acids is 1. The van der Waals surface area contributed by atoms with E-state index in [1.807, 2.05) is 24.8 Å². The first-order valence-corrected chi connectivity index (χ1v) is 9.91. The van der Waals surface area contributed by atoms with Crippen LogP contribution in [0.4, 0.5) is 11.4 Å². The van der Waals surface area contributed by atoms with Crippen molar-refractivity contribution >= 4 is 39.3 Å². The van der Waals surface area contributed by atoms with Crippen LogP contribution in [0.2, 0.25) is 0 Å². The fourth-order valence-corrected chi connectivity index (χ4v) is 3.97. The summed E-state index contributed by atoms with van der Waals surface area (Å²) in [5.41, 5.74) is 7.20. The number of aromatic amines is 1. The largest absolute Gasteiger partial charge is 0.478 e. The van der Waals surface area contributed by atoms with Gasteiger partial charge in [0.25, 0.3) is 0 Å². The molecule has 0 spiro atoms. The number of aryl methyl sites for hydroxylation is 2. The fourth-order valence-electron chi connectivity index (χ4n) is 3.97. The number of nitrogens with one attached hydrogen (secondary N) is 1. The molecule has 0 fully saturated rings. The third kappa shape index (κ3) is 3.11. The molecule has 3 heterocycles. The van der Waals surface area contributed by atoms with Gasteiger partial charge in [-0.15, -0.1) is 0 Å². The third-order valence-electron chi connectivity index (χ3n) is 5.63. The smallest absolute Gasteiger partial charge is 0.337 e. The average Bonchev–Trinajstić information content (AvgIpc) is 3.32. The Hall–Kier alpha value is -4.13. The molecule has 0 aliphatic carbocycles. The summed E-state index contributed by atoms with van der Waals surface area (Å²) in [5, 5.41) is 15.2. The lowest BCUT2D eigenvalue weighted by Gasteiger charge is -2.19. The molecule has 31 heavy (non-hydrogen) atoms. The van der Waals surface area contributed by atoms with Gasteiger partial charge in [-0.2, -0.15) is 5.10 Å². The Morgan fingerprint density at radius 1 is 1.03 bits per heavy atom. The Morgan fingerprint density at radius 2 is 1.77 bits per heavy atom. The Balaban J connectivity index is 1.60. The Kier molecular flexibility index (Phi) is 4.25. The molecule has 3 aromatic heterocycles. The minimum absolute atomic E-state index is 0.199. The van der Waals surface area contributed by atoms with Gasteiger partial charge in [-0.25, -0.2) is 4.79 Å². The van der Waals surface area contributed by atoms with E-state index in [2.05, 4.69) is 64.3 Å². The number of aromatic carboxylic acids is 1. The summed E-state index contributed by atoms with van der Waals surface area (Å²) in [5.74, 6) is -0.987. The minimum atomic E-state index is -0.987. The van der Waals surface area contributed by atoms with Crippen LogP contribution in [0.3, 0.4) is 0 Å². The minimum Gasteiger partial charge on any atom is -0.478 e. The van der Waals surface area contributed by atoms with E-state index in [4.69, 9.17) is 5.10 Å². The van der Waals surface area contributed by atoms with Gasteiger partial charge in [0.05, 0.1) is 33.5 Å². The van der Waals surface area contributed by atoms with Crippen LogP contribution in [0.25, 0.3) is 33.3 Å². The van der Waals surface area contributed by atoms with Crippen molar-refractivity contribution in [3.8, 4) is 11.4 Å². The van der Waals surface area contributed by atoms with Gasteiger partial charge in [0.15, 0.2) is 0 Å². The molecule has 5 aromatic rings. The first-order chi connectivity index (χ1) is 14.9. The van der Waals surface area contributed by atoms with E-state index in [1.165, 1.54) is 17.8 Å². The highest BCUT2D eigenvalue weighted by atomic mass is 16.4. The van der Waals surface area contributed by atoms with Crippen molar-refractivity contribution < 1.29 is 9.90 Å². The van der Waals surface area contributed by atoms with Gasteiger partial charge in [-0.3, -0.25) is 9.67 Å². The second kappa shape index (κ2) is 6.98. The molecule has 154 valence electrons. The number of anilines is 2. The molecule has 2 aromatic carbocycles. The Morgan fingerprint density at radius 3 is 2.52 bits per heavy atom. The number of pyridine rings is 1. The van der Waals surface area contributed by atoms with Crippen molar-refractivity contribution in [3.63, 3.8) is 0 Å². The first-order valence-electron chi connectivity index (χ1n) is 9.91. The third-order valence-corrected chi connectivity index (χ3v) is 5.63. The zero-order chi connectivity index (χ0) is 21.7. The highest BCUT2D eigenvalue weighted by Crippen LogP contribution is 2.33. The number of fused-ring (bicyclic) bond motifs is 2. The van der Waals surface area contributed by atoms with Crippen LogP contribution in [-0.2, 0) is 7.05 Å². The topological polar surface area (TPSA) is 87.0 Å². The summed E-state index contributed by atoms with van der Waals surface area (Å²) in [6.45, 7) is 2.07.